The molecule has 0 spiro atoms. The van der Waals surface area contributed by atoms with Gasteiger partial charge in [0.05, 0.1) is 5.69 Å². The molecule has 5 heteroatoms. The van der Waals surface area contributed by atoms with Crippen LogP contribution in [-0.2, 0) is 4.79 Å². The number of hydrogen-bond acceptors (Lipinski definition) is 3. The number of amides is 1. The van der Waals surface area contributed by atoms with Gasteiger partial charge in [0.25, 0.3) is 12.4 Å². The van der Waals surface area contributed by atoms with Gasteiger partial charge in [-0.15, -0.1) is 0 Å². The summed E-state index contributed by atoms with van der Waals surface area (Å²) in [4.78, 5) is 22.5. The van der Waals surface area contributed by atoms with Gasteiger partial charge >= 0.3 is 0 Å². The molecule has 0 radical (unpaired) electrons. The molecule has 0 aliphatic rings. The lowest BCUT2D eigenvalue weighted by atomic mass is 10.2. The minimum absolute atomic E-state index is 0.252. The zero-order valence-corrected chi connectivity index (χ0v) is 12.0. The molecule has 0 saturated carbocycles. The predicted molar refractivity (Wildman–Crippen MR) is 80.2 cm³/mol. The average molecular weight is 367 g/mol. The van der Waals surface area contributed by atoms with E-state index in [0.29, 0.717) is 23.5 Å². The maximum absolute atomic E-state index is 12.0. The Hall–Kier alpha value is -1.89. The molecule has 2 rings (SSSR count). The maximum atomic E-state index is 12.0. The summed E-state index contributed by atoms with van der Waals surface area (Å²) in [5.41, 5.74) is 1.000. The summed E-state index contributed by atoms with van der Waals surface area (Å²) in [6.45, 7) is 0.337. The summed E-state index contributed by atoms with van der Waals surface area (Å²) in [7, 11) is 0. The van der Waals surface area contributed by atoms with Crippen molar-refractivity contribution in [1.29, 1.82) is 0 Å². The standard InChI is InChI=1S/C14H10INO3/c15-11-6-7-12(13(8-11)19-9-17)16-14(18)10-4-2-1-3-5-10/h1-9H,(H,16,18). The Morgan fingerprint density at radius 1 is 1.16 bits per heavy atom. The zero-order chi connectivity index (χ0) is 13.7. The second kappa shape index (κ2) is 6.33. The van der Waals surface area contributed by atoms with Gasteiger partial charge in [0, 0.05) is 9.13 Å². The van der Waals surface area contributed by atoms with Crippen LogP contribution in [0.1, 0.15) is 10.4 Å². The van der Waals surface area contributed by atoms with E-state index < -0.39 is 0 Å². The summed E-state index contributed by atoms with van der Waals surface area (Å²) in [6.07, 6.45) is 0. The first-order valence-electron chi connectivity index (χ1n) is 5.47. The van der Waals surface area contributed by atoms with E-state index in [1.165, 1.54) is 0 Å². The third-order valence-electron chi connectivity index (χ3n) is 2.40. The molecule has 0 aromatic heterocycles. The van der Waals surface area contributed by atoms with Crippen LogP contribution in [0.15, 0.2) is 48.5 Å². The molecule has 4 nitrogen and oxygen atoms in total. The fraction of sp³-hybridized carbons (Fsp3) is 0. The number of benzene rings is 2. The Morgan fingerprint density at radius 3 is 2.58 bits per heavy atom. The van der Waals surface area contributed by atoms with Crippen LogP contribution in [-0.4, -0.2) is 12.4 Å². The molecule has 0 fully saturated rings. The predicted octanol–water partition coefficient (Wildman–Crippen LogP) is 3.08. The van der Waals surface area contributed by atoms with Crippen LogP contribution in [0.5, 0.6) is 5.75 Å². The highest BCUT2D eigenvalue weighted by atomic mass is 127. The smallest absolute Gasteiger partial charge is 0.298 e. The largest absolute Gasteiger partial charge is 0.426 e. The first-order valence-corrected chi connectivity index (χ1v) is 6.55. The zero-order valence-electron chi connectivity index (χ0n) is 9.80. The molecule has 19 heavy (non-hydrogen) atoms. The number of rotatable bonds is 4. The first kappa shape index (κ1) is 13.5. The molecule has 96 valence electrons. The van der Waals surface area contributed by atoms with Crippen LogP contribution in [0, 0.1) is 3.57 Å². The molecule has 0 aliphatic carbocycles. The van der Waals surface area contributed by atoms with Crippen molar-refractivity contribution in [1.82, 2.24) is 0 Å². The molecule has 1 N–H and O–H groups in total. The van der Waals surface area contributed by atoms with Crippen molar-refractivity contribution < 1.29 is 14.3 Å². The minimum atomic E-state index is -0.252. The topological polar surface area (TPSA) is 55.4 Å². The molecule has 0 bridgehead atoms. The normalized spacial score (nSPS) is 9.74. The van der Waals surface area contributed by atoms with E-state index >= 15 is 0 Å². The number of halogens is 1. The highest BCUT2D eigenvalue weighted by molar-refractivity contribution is 14.1. The Balaban J connectivity index is 2.23. The van der Waals surface area contributed by atoms with Crippen molar-refractivity contribution in [2.45, 2.75) is 0 Å². The molecular weight excluding hydrogens is 357 g/mol. The number of nitrogens with one attached hydrogen (secondary N) is 1. The van der Waals surface area contributed by atoms with Gasteiger partial charge in [-0.25, -0.2) is 0 Å². The Morgan fingerprint density at radius 2 is 1.89 bits per heavy atom. The molecular formula is C14H10INO3. The first-order chi connectivity index (χ1) is 9.20. The van der Waals surface area contributed by atoms with E-state index in [4.69, 9.17) is 4.74 Å². The van der Waals surface area contributed by atoms with Crippen LogP contribution in [0.2, 0.25) is 0 Å². The summed E-state index contributed by atoms with van der Waals surface area (Å²) in [6, 6.07) is 14.0. The molecule has 2 aromatic carbocycles. The van der Waals surface area contributed by atoms with Crippen molar-refractivity contribution in [2.75, 3.05) is 5.32 Å². The molecule has 2 aromatic rings. The maximum Gasteiger partial charge on any atom is 0.298 e. The van der Waals surface area contributed by atoms with E-state index in [1.54, 1.807) is 36.4 Å². The summed E-state index contributed by atoms with van der Waals surface area (Å²) >= 11 is 2.10. The van der Waals surface area contributed by atoms with Crippen molar-refractivity contribution in [2.24, 2.45) is 0 Å². The number of carbonyl (C=O) groups is 2. The van der Waals surface area contributed by atoms with Crippen molar-refractivity contribution >= 4 is 40.7 Å². The molecule has 0 aliphatic heterocycles. The molecule has 0 heterocycles. The van der Waals surface area contributed by atoms with Gasteiger partial charge in [-0.1, -0.05) is 18.2 Å². The highest BCUT2D eigenvalue weighted by Gasteiger charge is 2.10. The Kier molecular flexibility index (Phi) is 4.51. The van der Waals surface area contributed by atoms with Crippen LogP contribution < -0.4 is 10.1 Å². The summed E-state index contributed by atoms with van der Waals surface area (Å²) in [5.74, 6) is 0.0729. The Labute approximate surface area is 123 Å². The summed E-state index contributed by atoms with van der Waals surface area (Å²) in [5, 5.41) is 2.71. The van der Waals surface area contributed by atoms with Crippen molar-refractivity contribution in [3.8, 4) is 5.75 Å². The lowest BCUT2D eigenvalue weighted by molar-refractivity contribution is -0.120. The highest BCUT2D eigenvalue weighted by Crippen LogP contribution is 2.26. The monoisotopic (exact) mass is 367 g/mol. The second-order valence-corrected chi connectivity index (χ2v) is 4.92. The second-order valence-electron chi connectivity index (χ2n) is 3.67. The van der Waals surface area contributed by atoms with E-state index in [0.717, 1.165) is 3.57 Å². The SMILES string of the molecule is O=COc1cc(I)ccc1NC(=O)c1ccccc1. The quantitative estimate of drug-likeness (QED) is 0.668. The molecule has 0 atom stereocenters. The van der Waals surface area contributed by atoms with Gasteiger partial charge in [-0.2, -0.15) is 0 Å². The van der Waals surface area contributed by atoms with Gasteiger partial charge < -0.3 is 10.1 Å². The lowest BCUT2D eigenvalue weighted by Gasteiger charge is -2.09. The fourth-order valence-electron chi connectivity index (χ4n) is 1.53. The van der Waals surface area contributed by atoms with E-state index in [-0.39, 0.29) is 5.91 Å². The molecule has 1 amide bonds. The lowest BCUT2D eigenvalue weighted by Crippen LogP contribution is -2.12. The summed E-state index contributed by atoms with van der Waals surface area (Å²) < 4.78 is 5.76. The minimum Gasteiger partial charge on any atom is -0.426 e. The third-order valence-corrected chi connectivity index (χ3v) is 3.07. The van der Waals surface area contributed by atoms with E-state index in [9.17, 15) is 9.59 Å². The van der Waals surface area contributed by atoms with Crippen LogP contribution in [0.4, 0.5) is 5.69 Å². The van der Waals surface area contributed by atoms with Gasteiger partial charge in [-0.3, -0.25) is 9.59 Å². The van der Waals surface area contributed by atoms with Crippen molar-refractivity contribution in [3.05, 3.63) is 57.7 Å². The third kappa shape index (κ3) is 3.54. The van der Waals surface area contributed by atoms with E-state index in [1.807, 2.05) is 12.1 Å². The van der Waals surface area contributed by atoms with Gasteiger partial charge in [0.15, 0.2) is 5.75 Å². The van der Waals surface area contributed by atoms with E-state index in [2.05, 4.69) is 27.9 Å². The van der Waals surface area contributed by atoms with Gasteiger partial charge in [0.1, 0.15) is 0 Å². The van der Waals surface area contributed by atoms with Crippen LogP contribution in [0.3, 0.4) is 0 Å². The number of anilines is 1. The van der Waals surface area contributed by atoms with Crippen molar-refractivity contribution in [3.63, 3.8) is 0 Å². The molecule has 0 unspecified atom stereocenters. The van der Waals surface area contributed by atoms with Gasteiger partial charge in [-0.05, 0) is 52.9 Å². The van der Waals surface area contributed by atoms with Gasteiger partial charge in [0.2, 0.25) is 0 Å². The Bertz CT molecular complexity index is 599. The fourth-order valence-corrected chi connectivity index (χ4v) is 2.00. The van der Waals surface area contributed by atoms with Crippen LogP contribution in [0.25, 0.3) is 0 Å². The number of hydrogen-bond donors (Lipinski definition) is 1. The van der Waals surface area contributed by atoms with Crippen LogP contribution >= 0.6 is 22.6 Å². The molecule has 0 saturated heterocycles. The average Bonchev–Trinajstić information content (AvgIpc) is 2.43. The number of ether oxygens (including phenoxy) is 1. The number of carbonyl (C=O) groups excluding carboxylic acids is 2.